The molecular formula is C12H23N3O3. The van der Waals surface area contributed by atoms with Crippen LogP contribution in [0.3, 0.4) is 0 Å². The largest absolute Gasteiger partial charge is 0.409 e. The van der Waals surface area contributed by atoms with Gasteiger partial charge in [0.2, 0.25) is 5.91 Å². The molecule has 0 aromatic carbocycles. The molecule has 1 aliphatic rings. The van der Waals surface area contributed by atoms with Gasteiger partial charge in [0.25, 0.3) is 0 Å². The zero-order chi connectivity index (χ0) is 13.6. The molecule has 104 valence electrons. The third-order valence-corrected chi connectivity index (χ3v) is 3.51. The van der Waals surface area contributed by atoms with Gasteiger partial charge in [0, 0.05) is 13.0 Å². The van der Waals surface area contributed by atoms with Crippen LogP contribution in [0.5, 0.6) is 0 Å². The number of hydrogen-bond acceptors (Lipinski definition) is 4. The summed E-state index contributed by atoms with van der Waals surface area (Å²) in [4.78, 5) is 11.8. The van der Waals surface area contributed by atoms with Crippen molar-refractivity contribution < 1.29 is 14.7 Å². The molecule has 6 heteroatoms. The Kier molecular flexibility index (Phi) is 5.40. The summed E-state index contributed by atoms with van der Waals surface area (Å²) in [5.74, 6) is -0.0723. The highest BCUT2D eigenvalue weighted by molar-refractivity contribution is 5.93. The molecule has 0 aliphatic carbocycles. The first-order chi connectivity index (χ1) is 8.51. The molecule has 0 aromatic rings. The summed E-state index contributed by atoms with van der Waals surface area (Å²) in [6.07, 6.45) is 3.99. The van der Waals surface area contributed by atoms with Gasteiger partial charge in [-0.2, -0.15) is 0 Å². The highest BCUT2D eigenvalue weighted by Gasteiger charge is 2.29. The van der Waals surface area contributed by atoms with E-state index in [0.29, 0.717) is 12.8 Å². The minimum absolute atomic E-state index is 0.0236. The predicted molar refractivity (Wildman–Crippen MR) is 68.5 cm³/mol. The van der Waals surface area contributed by atoms with Crippen LogP contribution < -0.4 is 11.1 Å². The molecule has 1 heterocycles. The van der Waals surface area contributed by atoms with E-state index in [-0.39, 0.29) is 17.8 Å². The van der Waals surface area contributed by atoms with Crippen molar-refractivity contribution in [1.29, 1.82) is 0 Å². The summed E-state index contributed by atoms with van der Waals surface area (Å²) in [5, 5.41) is 14.5. The van der Waals surface area contributed by atoms with Gasteiger partial charge in [-0.25, -0.2) is 0 Å². The molecule has 1 rings (SSSR count). The minimum atomic E-state index is -0.789. The number of carbonyl (C=O) groups excluding carboxylic acids is 1. The van der Waals surface area contributed by atoms with Crippen molar-refractivity contribution in [2.24, 2.45) is 10.9 Å². The summed E-state index contributed by atoms with van der Waals surface area (Å²) in [6.45, 7) is 4.41. The molecule has 0 bridgehead atoms. The second-order valence-electron chi connectivity index (χ2n) is 4.89. The molecule has 18 heavy (non-hydrogen) atoms. The van der Waals surface area contributed by atoms with Crippen LogP contribution in [0.1, 0.15) is 46.0 Å². The van der Waals surface area contributed by atoms with Crippen molar-refractivity contribution in [3.63, 3.8) is 0 Å². The molecule has 4 N–H and O–H groups in total. The number of hydrogen-bond donors (Lipinski definition) is 3. The first-order valence-corrected chi connectivity index (χ1v) is 6.42. The summed E-state index contributed by atoms with van der Waals surface area (Å²) < 4.78 is 5.46. The van der Waals surface area contributed by atoms with Gasteiger partial charge in [0.1, 0.15) is 0 Å². The Morgan fingerprint density at radius 1 is 1.67 bits per heavy atom. The van der Waals surface area contributed by atoms with E-state index in [2.05, 4.69) is 10.5 Å². The van der Waals surface area contributed by atoms with Gasteiger partial charge in [-0.15, -0.1) is 0 Å². The standard InChI is InChI=1S/C12H23N3O3/c1-3-12(2,11(13)15-17)14-10(16)7-6-9-5-4-8-18-9/h9,17H,3-8H2,1-2H3,(H2,13,15)(H,14,16). The first kappa shape index (κ1) is 14.8. The Balaban J connectivity index is 2.41. The lowest BCUT2D eigenvalue weighted by Crippen LogP contribution is -2.55. The molecule has 2 unspecified atom stereocenters. The lowest BCUT2D eigenvalue weighted by atomic mass is 9.97. The van der Waals surface area contributed by atoms with E-state index in [0.717, 1.165) is 25.9 Å². The molecule has 1 amide bonds. The van der Waals surface area contributed by atoms with E-state index in [1.54, 1.807) is 6.92 Å². The van der Waals surface area contributed by atoms with E-state index >= 15 is 0 Å². The molecule has 0 aromatic heterocycles. The fraction of sp³-hybridized carbons (Fsp3) is 0.833. The van der Waals surface area contributed by atoms with E-state index in [1.807, 2.05) is 6.92 Å². The minimum Gasteiger partial charge on any atom is -0.409 e. The quantitative estimate of drug-likeness (QED) is 0.286. The Labute approximate surface area is 108 Å². The number of nitrogens with one attached hydrogen (secondary N) is 1. The number of nitrogens with zero attached hydrogens (tertiary/aromatic N) is 1. The number of carbonyl (C=O) groups is 1. The second-order valence-corrected chi connectivity index (χ2v) is 4.89. The van der Waals surface area contributed by atoms with Crippen molar-refractivity contribution >= 4 is 11.7 Å². The summed E-state index contributed by atoms with van der Waals surface area (Å²) >= 11 is 0. The molecular weight excluding hydrogens is 234 g/mol. The molecule has 2 atom stereocenters. The topological polar surface area (TPSA) is 96.9 Å². The maximum absolute atomic E-state index is 11.8. The Morgan fingerprint density at radius 3 is 2.89 bits per heavy atom. The summed E-state index contributed by atoms with van der Waals surface area (Å²) in [5.41, 5.74) is 4.80. The number of nitrogens with two attached hydrogens (primary N) is 1. The molecule has 0 saturated carbocycles. The van der Waals surface area contributed by atoms with Crippen LogP contribution >= 0.6 is 0 Å². The number of oxime groups is 1. The average Bonchev–Trinajstić information content (AvgIpc) is 2.88. The van der Waals surface area contributed by atoms with Crippen molar-refractivity contribution in [3.05, 3.63) is 0 Å². The number of ether oxygens (including phenoxy) is 1. The first-order valence-electron chi connectivity index (χ1n) is 6.42. The van der Waals surface area contributed by atoms with Gasteiger partial charge in [0.15, 0.2) is 5.84 Å². The monoisotopic (exact) mass is 257 g/mol. The van der Waals surface area contributed by atoms with Crippen molar-refractivity contribution in [3.8, 4) is 0 Å². The van der Waals surface area contributed by atoms with Crippen LogP contribution in [-0.4, -0.2) is 35.2 Å². The van der Waals surface area contributed by atoms with Gasteiger partial charge in [-0.05, 0) is 32.6 Å². The maximum Gasteiger partial charge on any atom is 0.220 e. The van der Waals surface area contributed by atoms with Crippen LogP contribution in [0, 0.1) is 0 Å². The molecule has 0 radical (unpaired) electrons. The van der Waals surface area contributed by atoms with E-state index in [4.69, 9.17) is 15.7 Å². The number of amidine groups is 1. The van der Waals surface area contributed by atoms with E-state index < -0.39 is 5.54 Å². The molecule has 0 spiro atoms. The van der Waals surface area contributed by atoms with Gasteiger partial charge in [-0.3, -0.25) is 4.79 Å². The third kappa shape index (κ3) is 3.87. The fourth-order valence-electron chi connectivity index (χ4n) is 1.98. The normalized spacial score (nSPS) is 23.7. The van der Waals surface area contributed by atoms with E-state index in [1.165, 1.54) is 0 Å². The fourth-order valence-corrected chi connectivity index (χ4v) is 1.98. The van der Waals surface area contributed by atoms with Crippen LogP contribution in [0.25, 0.3) is 0 Å². The summed E-state index contributed by atoms with van der Waals surface area (Å²) in [7, 11) is 0. The third-order valence-electron chi connectivity index (χ3n) is 3.51. The van der Waals surface area contributed by atoms with Crippen LogP contribution in [0.4, 0.5) is 0 Å². The lowest BCUT2D eigenvalue weighted by molar-refractivity contribution is -0.122. The smallest absolute Gasteiger partial charge is 0.220 e. The zero-order valence-electron chi connectivity index (χ0n) is 11.1. The average molecular weight is 257 g/mol. The number of amides is 1. The zero-order valence-corrected chi connectivity index (χ0v) is 11.1. The van der Waals surface area contributed by atoms with E-state index in [9.17, 15) is 4.79 Å². The molecule has 1 saturated heterocycles. The van der Waals surface area contributed by atoms with Gasteiger partial charge < -0.3 is 21.0 Å². The van der Waals surface area contributed by atoms with Crippen LogP contribution in [0.15, 0.2) is 5.16 Å². The molecule has 1 fully saturated rings. The van der Waals surface area contributed by atoms with Crippen LogP contribution in [-0.2, 0) is 9.53 Å². The Morgan fingerprint density at radius 2 is 2.39 bits per heavy atom. The number of rotatable bonds is 6. The van der Waals surface area contributed by atoms with Gasteiger partial charge >= 0.3 is 0 Å². The van der Waals surface area contributed by atoms with Crippen molar-refractivity contribution in [1.82, 2.24) is 5.32 Å². The van der Waals surface area contributed by atoms with Crippen molar-refractivity contribution in [2.45, 2.75) is 57.6 Å². The maximum atomic E-state index is 11.8. The highest BCUT2D eigenvalue weighted by atomic mass is 16.5. The lowest BCUT2D eigenvalue weighted by Gasteiger charge is -2.28. The highest BCUT2D eigenvalue weighted by Crippen LogP contribution is 2.17. The second kappa shape index (κ2) is 6.58. The molecule has 6 nitrogen and oxygen atoms in total. The molecule has 1 aliphatic heterocycles. The Hall–Kier alpha value is -1.30. The summed E-state index contributed by atoms with van der Waals surface area (Å²) in [6, 6.07) is 0. The van der Waals surface area contributed by atoms with Gasteiger partial charge in [0.05, 0.1) is 11.6 Å². The van der Waals surface area contributed by atoms with Crippen LogP contribution in [0.2, 0.25) is 0 Å². The SMILES string of the molecule is CCC(C)(NC(=O)CCC1CCCO1)C(N)=NO. The van der Waals surface area contributed by atoms with Gasteiger partial charge in [-0.1, -0.05) is 12.1 Å². The Bertz CT molecular complexity index is 314. The predicted octanol–water partition coefficient (Wildman–Crippen LogP) is 0.977. The van der Waals surface area contributed by atoms with Crippen molar-refractivity contribution in [2.75, 3.05) is 6.61 Å².